The summed E-state index contributed by atoms with van der Waals surface area (Å²) in [5.41, 5.74) is 0.899. The van der Waals surface area contributed by atoms with E-state index in [1.54, 1.807) is 48.0 Å². The summed E-state index contributed by atoms with van der Waals surface area (Å²) in [4.78, 5) is 25.0. The van der Waals surface area contributed by atoms with Crippen LogP contribution in [0.3, 0.4) is 0 Å². The number of rotatable bonds is 9. The number of ether oxygens (including phenoxy) is 2. The molecule has 0 bridgehead atoms. The van der Waals surface area contributed by atoms with Crippen LogP contribution in [-0.4, -0.2) is 47.4 Å². The van der Waals surface area contributed by atoms with Crippen molar-refractivity contribution in [2.24, 2.45) is 13.0 Å². The van der Waals surface area contributed by atoms with E-state index in [0.29, 0.717) is 22.3 Å². The molecule has 13 heteroatoms. The van der Waals surface area contributed by atoms with E-state index >= 15 is 4.39 Å². The number of benzene rings is 2. The van der Waals surface area contributed by atoms with E-state index in [0.717, 1.165) is 12.1 Å². The highest BCUT2D eigenvalue weighted by Gasteiger charge is 2.46. The molecule has 0 aliphatic heterocycles. The lowest BCUT2D eigenvalue weighted by Crippen LogP contribution is -2.33. The number of carbonyl (C=O) groups excluding carboxylic acids is 1. The molecule has 1 saturated carbocycles. The molecule has 41 heavy (non-hydrogen) atoms. The fourth-order valence-corrected chi connectivity index (χ4v) is 4.51. The van der Waals surface area contributed by atoms with Crippen LogP contribution in [0.2, 0.25) is 0 Å². The van der Waals surface area contributed by atoms with E-state index < -0.39 is 41.9 Å². The van der Waals surface area contributed by atoms with Crippen molar-refractivity contribution in [3.05, 3.63) is 65.7 Å². The van der Waals surface area contributed by atoms with Gasteiger partial charge in [0.15, 0.2) is 17.4 Å². The number of alkyl halides is 3. The van der Waals surface area contributed by atoms with Crippen molar-refractivity contribution in [3.8, 4) is 17.6 Å². The number of aryl methyl sites for hydroxylation is 1. The number of nitrogens with zero attached hydrogens (tertiary/aromatic N) is 6. The molecule has 4 aromatic rings. The zero-order valence-electron chi connectivity index (χ0n) is 22.2. The van der Waals surface area contributed by atoms with Gasteiger partial charge in [-0.05, 0) is 30.2 Å². The van der Waals surface area contributed by atoms with Crippen molar-refractivity contribution < 1.29 is 31.8 Å². The zero-order chi connectivity index (χ0) is 29.4. The molecule has 2 aromatic carbocycles. The largest absolute Gasteiger partial charge is 0.497 e. The van der Waals surface area contributed by atoms with Crippen LogP contribution in [0.25, 0.3) is 11.0 Å². The zero-order valence-corrected chi connectivity index (χ0v) is 22.2. The lowest BCUT2D eigenvalue weighted by molar-refractivity contribution is -0.120. The standard InChI is InChI=1S/C28H24F4N6O3/c1-36-14-34-24-21(36)11-23(37(2)25-20(30)8-16(12-33)9-22(25)41-28(31)32)35-26(24)38(27(39)18-10-19(18)29)13-15-4-6-17(40-3)7-5-15/h4-9,11,14,18-19,28H,10,13H2,1-3H3/t18-,19+/m0/s1. The van der Waals surface area contributed by atoms with Gasteiger partial charge in [0.25, 0.3) is 0 Å². The number of pyridine rings is 1. The molecular weight excluding hydrogens is 544 g/mol. The van der Waals surface area contributed by atoms with Gasteiger partial charge < -0.3 is 18.9 Å². The summed E-state index contributed by atoms with van der Waals surface area (Å²) in [5, 5.41) is 9.19. The molecule has 2 aromatic heterocycles. The van der Waals surface area contributed by atoms with Crippen LogP contribution in [0.1, 0.15) is 17.5 Å². The first-order valence-electron chi connectivity index (χ1n) is 12.4. The molecule has 0 radical (unpaired) electrons. The van der Waals surface area contributed by atoms with E-state index in [-0.39, 0.29) is 30.2 Å². The molecule has 1 aliphatic rings. The predicted octanol–water partition coefficient (Wildman–Crippen LogP) is 5.25. The quantitative estimate of drug-likeness (QED) is 0.255. The predicted molar refractivity (Wildman–Crippen MR) is 142 cm³/mol. The lowest BCUT2D eigenvalue weighted by atomic mass is 10.1. The Kier molecular flexibility index (Phi) is 7.40. The minimum absolute atomic E-state index is 0.0167. The molecule has 0 unspecified atom stereocenters. The Labute approximate surface area is 232 Å². The maximum atomic E-state index is 15.2. The molecule has 2 atom stereocenters. The normalized spacial score (nSPS) is 16.0. The van der Waals surface area contributed by atoms with Gasteiger partial charge in [-0.25, -0.2) is 18.7 Å². The van der Waals surface area contributed by atoms with Crippen molar-refractivity contribution in [1.82, 2.24) is 14.5 Å². The number of halogens is 4. The number of imidazole rings is 1. The molecule has 2 heterocycles. The number of carbonyl (C=O) groups is 1. The number of fused-ring (bicyclic) bond motifs is 1. The number of methoxy groups -OCH3 is 1. The summed E-state index contributed by atoms with van der Waals surface area (Å²) in [6.45, 7) is -3.27. The van der Waals surface area contributed by atoms with E-state index in [1.807, 2.05) is 0 Å². The minimum atomic E-state index is -3.29. The fraction of sp³-hybridized carbons (Fsp3) is 0.286. The molecule has 0 spiro atoms. The average Bonchev–Trinajstić information content (AvgIpc) is 3.57. The maximum Gasteiger partial charge on any atom is 0.387 e. The minimum Gasteiger partial charge on any atom is -0.497 e. The Hall–Kier alpha value is -4.86. The van der Waals surface area contributed by atoms with Gasteiger partial charge in [-0.3, -0.25) is 9.69 Å². The number of hydrogen-bond acceptors (Lipinski definition) is 7. The first-order valence-corrected chi connectivity index (χ1v) is 12.4. The van der Waals surface area contributed by atoms with Gasteiger partial charge in [0, 0.05) is 26.2 Å². The Bertz CT molecular complexity index is 1650. The maximum absolute atomic E-state index is 15.2. The van der Waals surface area contributed by atoms with E-state index in [2.05, 4.69) is 14.7 Å². The molecule has 1 fully saturated rings. The molecule has 0 N–H and O–H groups in total. The topological polar surface area (TPSA) is 96.5 Å². The van der Waals surface area contributed by atoms with Crippen molar-refractivity contribution in [2.75, 3.05) is 24.0 Å². The number of nitriles is 1. The molecule has 0 saturated heterocycles. The Balaban J connectivity index is 1.65. The van der Waals surface area contributed by atoms with Crippen LogP contribution in [0.4, 0.5) is 34.9 Å². The molecule has 9 nitrogen and oxygen atoms in total. The molecular formula is C28H24F4N6O3. The summed E-state index contributed by atoms with van der Waals surface area (Å²) < 4.78 is 67.2. The summed E-state index contributed by atoms with van der Waals surface area (Å²) in [6.07, 6.45) is 0.291. The van der Waals surface area contributed by atoms with Gasteiger partial charge in [0.2, 0.25) is 5.91 Å². The Morgan fingerprint density at radius 2 is 1.95 bits per heavy atom. The van der Waals surface area contributed by atoms with Crippen LogP contribution in [0, 0.1) is 23.1 Å². The number of anilines is 3. The van der Waals surface area contributed by atoms with Crippen molar-refractivity contribution in [1.29, 1.82) is 5.26 Å². The molecule has 5 rings (SSSR count). The van der Waals surface area contributed by atoms with Crippen LogP contribution in [0.5, 0.6) is 11.5 Å². The van der Waals surface area contributed by atoms with Crippen molar-refractivity contribution >= 4 is 34.3 Å². The summed E-state index contributed by atoms with van der Waals surface area (Å²) in [7, 11) is 4.60. The van der Waals surface area contributed by atoms with Crippen LogP contribution >= 0.6 is 0 Å². The van der Waals surface area contributed by atoms with Gasteiger partial charge in [-0.15, -0.1) is 0 Å². The van der Waals surface area contributed by atoms with Crippen LogP contribution < -0.4 is 19.3 Å². The van der Waals surface area contributed by atoms with Gasteiger partial charge in [0.1, 0.15) is 28.9 Å². The Morgan fingerprint density at radius 1 is 1.24 bits per heavy atom. The molecule has 212 valence electrons. The number of amides is 1. The highest BCUT2D eigenvalue weighted by atomic mass is 19.3. The first-order chi connectivity index (χ1) is 19.6. The Morgan fingerprint density at radius 3 is 2.56 bits per heavy atom. The summed E-state index contributed by atoms with van der Waals surface area (Å²) in [5.74, 6) is -2.18. The smallest absolute Gasteiger partial charge is 0.387 e. The SMILES string of the molecule is COc1ccc(CN(C(=O)[C@H]2C[C@H]2F)c2nc(N(C)c3c(F)cc(C#N)cc3OC(F)F)cc3c2ncn3C)cc1. The second-order valence-corrected chi connectivity index (χ2v) is 9.51. The molecule has 1 amide bonds. The number of aromatic nitrogens is 3. The van der Waals surface area contributed by atoms with Gasteiger partial charge >= 0.3 is 6.61 Å². The van der Waals surface area contributed by atoms with Gasteiger partial charge in [-0.1, -0.05) is 12.1 Å². The van der Waals surface area contributed by atoms with E-state index in [9.17, 15) is 23.2 Å². The lowest BCUT2D eigenvalue weighted by Gasteiger charge is -2.26. The summed E-state index contributed by atoms with van der Waals surface area (Å²) >= 11 is 0. The highest BCUT2D eigenvalue weighted by molar-refractivity contribution is 6.03. The average molecular weight is 569 g/mol. The van der Waals surface area contributed by atoms with Crippen molar-refractivity contribution in [2.45, 2.75) is 25.7 Å². The first kappa shape index (κ1) is 27.7. The van der Waals surface area contributed by atoms with Gasteiger partial charge in [-0.2, -0.15) is 14.0 Å². The monoisotopic (exact) mass is 568 g/mol. The van der Waals surface area contributed by atoms with Crippen LogP contribution in [-0.2, 0) is 18.4 Å². The second-order valence-electron chi connectivity index (χ2n) is 9.51. The summed E-state index contributed by atoms with van der Waals surface area (Å²) in [6, 6.07) is 12.1. The molecule has 1 aliphatic carbocycles. The van der Waals surface area contributed by atoms with Crippen LogP contribution in [0.15, 0.2) is 48.8 Å². The van der Waals surface area contributed by atoms with E-state index in [1.165, 1.54) is 30.3 Å². The van der Waals surface area contributed by atoms with E-state index in [4.69, 9.17) is 4.74 Å². The second kappa shape index (κ2) is 11.0. The third-order valence-corrected chi connectivity index (χ3v) is 6.78. The third kappa shape index (κ3) is 5.45. The third-order valence-electron chi connectivity index (χ3n) is 6.78. The number of hydrogen-bond donors (Lipinski definition) is 0. The highest BCUT2D eigenvalue weighted by Crippen LogP contribution is 2.41. The van der Waals surface area contributed by atoms with Gasteiger partial charge in [0.05, 0.1) is 43.0 Å². The fourth-order valence-electron chi connectivity index (χ4n) is 4.51. The van der Waals surface area contributed by atoms with Crippen molar-refractivity contribution in [3.63, 3.8) is 0 Å².